The first-order chi connectivity index (χ1) is 16.5. The molecule has 9 nitrogen and oxygen atoms in total. The van der Waals surface area contributed by atoms with Crippen LogP contribution in [0.15, 0.2) is 42.5 Å². The number of hydrogen-bond donors (Lipinski definition) is 1. The summed E-state index contributed by atoms with van der Waals surface area (Å²) in [5.74, 6) is -0.161. The van der Waals surface area contributed by atoms with E-state index in [4.69, 9.17) is 21.1 Å². The van der Waals surface area contributed by atoms with Gasteiger partial charge in [0.1, 0.15) is 24.1 Å². The van der Waals surface area contributed by atoms with E-state index in [0.717, 1.165) is 16.1 Å². The van der Waals surface area contributed by atoms with E-state index in [2.05, 4.69) is 5.32 Å². The number of sulfonamides is 1. The van der Waals surface area contributed by atoms with Crippen molar-refractivity contribution in [3.05, 3.63) is 53.1 Å². The summed E-state index contributed by atoms with van der Waals surface area (Å²) >= 11 is 5.99. The zero-order chi connectivity index (χ0) is 26.2. The normalized spacial score (nSPS) is 11.9. The lowest BCUT2D eigenvalue weighted by atomic mass is 10.1. The van der Waals surface area contributed by atoms with E-state index >= 15 is 0 Å². The van der Waals surface area contributed by atoms with Crippen LogP contribution in [0.1, 0.15) is 25.8 Å². The van der Waals surface area contributed by atoms with Crippen LogP contribution >= 0.6 is 11.6 Å². The minimum atomic E-state index is -3.89. The number of amides is 2. The monoisotopic (exact) mass is 525 g/mol. The summed E-state index contributed by atoms with van der Waals surface area (Å²) in [4.78, 5) is 27.8. The Balaban J connectivity index is 2.49. The number of benzene rings is 2. The highest BCUT2D eigenvalue weighted by molar-refractivity contribution is 7.92. The predicted octanol–water partition coefficient (Wildman–Crippen LogP) is 3.07. The van der Waals surface area contributed by atoms with E-state index in [-0.39, 0.29) is 23.9 Å². The van der Waals surface area contributed by atoms with Gasteiger partial charge in [-0.25, -0.2) is 8.42 Å². The van der Waals surface area contributed by atoms with Crippen molar-refractivity contribution in [1.82, 2.24) is 10.2 Å². The van der Waals surface area contributed by atoms with Gasteiger partial charge in [0, 0.05) is 24.2 Å². The molecule has 0 aliphatic rings. The summed E-state index contributed by atoms with van der Waals surface area (Å²) in [7, 11) is -1.02. The van der Waals surface area contributed by atoms with Gasteiger partial charge in [-0.05, 0) is 43.2 Å². The van der Waals surface area contributed by atoms with Gasteiger partial charge in [0.25, 0.3) is 0 Å². The van der Waals surface area contributed by atoms with Crippen molar-refractivity contribution < 1.29 is 27.5 Å². The van der Waals surface area contributed by atoms with E-state index in [1.165, 1.54) is 31.3 Å². The number of nitrogens with zero attached hydrogens (tertiary/aromatic N) is 2. The highest BCUT2D eigenvalue weighted by atomic mass is 35.5. The van der Waals surface area contributed by atoms with E-state index in [1.54, 1.807) is 44.2 Å². The number of anilines is 1. The molecule has 2 aromatic rings. The zero-order valence-corrected chi connectivity index (χ0v) is 22.1. The summed E-state index contributed by atoms with van der Waals surface area (Å²) in [6.07, 6.45) is 1.35. The molecule has 0 saturated carbocycles. The molecule has 0 heterocycles. The second kappa shape index (κ2) is 12.6. The summed E-state index contributed by atoms with van der Waals surface area (Å²) in [5, 5.41) is 3.29. The van der Waals surface area contributed by atoms with Crippen LogP contribution in [0.2, 0.25) is 5.02 Å². The van der Waals surface area contributed by atoms with Crippen molar-refractivity contribution in [2.24, 2.45) is 0 Å². The molecule has 2 rings (SSSR count). The first-order valence-electron chi connectivity index (χ1n) is 11.1. The SMILES string of the molecule is CCNC(=O)C(CC)N(Cc1ccc(Cl)cc1)C(=O)CN(c1ccc(OC)cc1OC)S(C)(=O)=O. The lowest BCUT2D eigenvalue weighted by Gasteiger charge is -2.33. The molecule has 0 aromatic heterocycles. The second-order valence-corrected chi connectivity index (χ2v) is 10.1. The van der Waals surface area contributed by atoms with Crippen molar-refractivity contribution >= 4 is 39.1 Å². The maximum atomic E-state index is 13.6. The first-order valence-corrected chi connectivity index (χ1v) is 13.3. The van der Waals surface area contributed by atoms with Gasteiger partial charge in [0.2, 0.25) is 21.8 Å². The van der Waals surface area contributed by atoms with E-state index in [0.29, 0.717) is 23.7 Å². The van der Waals surface area contributed by atoms with Crippen molar-refractivity contribution in [2.45, 2.75) is 32.9 Å². The third-order valence-corrected chi connectivity index (χ3v) is 6.72. The van der Waals surface area contributed by atoms with Gasteiger partial charge in [0.15, 0.2) is 0 Å². The molecule has 1 N–H and O–H groups in total. The quantitative estimate of drug-likeness (QED) is 0.456. The maximum Gasteiger partial charge on any atom is 0.244 e. The fourth-order valence-electron chi connectivity index (χ4n) is 3.58. The van der Waals surface area contributed by atoms with Gasteiger partial charge in [0.05, 0.1) is 26.2 Å². The van der Waals surface area contributed by atoms with E-state index < -0.39 is 28.5 Å². The molecular formula is C24H32ClN3O6S. The van der Waals surface area contributed by atoms with Gasteiger partial charge < -0.3 is 19.7 Å². The van der Waals surface area contributed by atoms with Crippen LogP contribution < -0.4 is 19.1 Å². The molecule has 0 aliphatic heterocycles. The average molecular weight is 526 g/mol. The number of likely N-dealkylation sites (N-methyl/N-ethyl adjacent to an activating group) is 1. The summed E-state index contributed by atoms with van der Waals surface area (Å²) < 4.78 is 37.0. The van der Waals surface area contributed by atoms with Gasteiger partial charge in [-0.1, -0.05) is 30.7 Å². The molecule has 0 bridgehead atoms. The van der Waals surface area contributed by atoms with Crippen LogP contribution in [-0.4, -0.2) is 64.7 Å². The highest BCUT2D eigenvalue weighted by Gasteiger charge is 2.32. The smallest absolute Gasteiger partial charge is 0.244 e. The van der Waals surface area contributed by atoms with Gasteiger partial charge in [-0.2, -0.15) is 0 Å². The molecule has 2 amide bonds. The molecule has 0 aliphatic carbocycles. The molecule has 35 heavy (non-hydrogen) atoms. The number of rotatable bonds is 12. The minimum absolute atomic E-state index is 0.100. The zero-order valence-electron chi connectivity index (χ0n) is 20.6. The van der Waals surface area contributed by atoms with Crippen LogP contribution in [0.25, 0.3) is 0 Å². The molecule has 1 unspecified atom stereocenters. The topological polar surface area (TPSA) is 105 Å². The van der Waals surface area contributed by atoms with Gasteiger partial charge in [-0.15, -0.1) is 0 Å². The largest absolute Gasteiger partial charge is 0.497 e. The molecular weight excluding hydrogens is 494 g/mol. The average Bonchev–Trinajstić information content (AvgIpc) is 2.82. The Morgan fingerprint density at radius 1 is 1.06 bits per heavy atom. The Morgan fingerprint density at radius 3 is 2.23 bits per heavy atom. The van der Waals surface area contributed by atoms with Crippen LogP contribution in [0.3, 0.4) is 0 Å². The summed E-state index contributed by atoms with van der Waals surface area (Å²) in [5.41, 5.74) is 0.931. The number of carbonyl (C=O) groups excluding carboxylic acids is 2. The van der Waals surface area contributed by atoms with Crippen LogP contribution in [0.5, 0.6) is 11.5 Å². The van der Waals surface area contributed by atoms with Crippen LogP contribution in [0.4, 0.5) is 5.69 Å². The Bertz CT molecular complexity index is 1120. The molecule has 0 fully saturated rings. The van der Waals surface area contributed by atoms with E-state index in [1.807, 2.05) is 0 Å². The van der Waals surface area contributed by atoms with Gasteiger partial charge >= 0.3 is 0 Å². The Labute approximate surface area is 212 Å². The number of hydrogen-bond acceptors (Lipinski definition) is 6. The lowest BCUT2D eigenvalue weighted by molar-refractivity contribution is -0.140. The molecule has 0 spiro atoms. The molecule has 0 radical (unpaired) electrons. The Morgan fingerprint density at radius 2 is 1.71 bits per heavy atom. The van der Waals surface area contributed by atoms with E-state index in [9.17, 15) is 18.0 Å². The summed E-state index contributed by atoms with van der Waals surface area (Å²) in [6, 6.07) is 10.7. The molecule has 1 atom stereocenters. The predicted molar refractivity (Wildman–Crippen MR) is 137 cm³/mol. The third kappa shape index (κ3) is 7.50. The standard InChI is InChI=1S/C24H32ClN3O6S/c1-6-20(24(30)26-7-2)27(15-17-8-10-18(25)11-9-17)23(29)16-28(35(5,31)32)21-13-12-19(33-3)14-22(21)34-4/h8-14,20H,6-7,15-16H2,1-5H3,(H,26,30). The lowest BCUT2D eigenvalue weighted by Crippen LogP contribution is -2.52. The van der Waals surface area contributed by atoms with Crippen LogP contribution in [0, 0.1) is 0 Å². The minimum Gasteiger partial charge on any atom is -0.497 e. The fraction of sp³-hybridized carbons (Fsp3) is 0.417. The number of halogens is 1. The Kier molecular flexibility index (Phi) is 10.2. The summed E-state index contributed by atoms with van der Waals surface area (Å²) in [6.45, 7) is 3.56. The third-order valence-electron chi connectivity index (χ3n) is 5.34. The van der Waals surface area contributed by atoms with Gasteiger partial charge in [-0.3, -0.25) is 13.9 Å². The molecule has 192 valence electrons. The fourth-order valence-corrected chi connectivity index (χ4v) is 4.56. The van der Waals surface area contributed by atoms with Crippen molar-refractivity contribution in [1.29, 1.82) is 0 Å². The second-order valence-electron chi connectivity index (χ2n) is 7.77. The number of ether oxygens (including phenoxy) is 2. The van der Waals surface area contributed by atoms with Crippen molar-refractivity contribution in [3.8, 4) is 11.5 Å². The molecule has 2 aromatic carbocycles. The number of nitrogens with one attached hydrogen (secondary N) is 1. The molecule has 11 heteroatoms. The number of methoxy groups -OCH3 is 2. The Hall–Kier alpha value is -2.98. The van der Waals surface area contributed by atoms with Crippen molar-refractivity contribution in [2.75, 3.05) is 37.9 Å². The number of carbonyl (C=O) groups is 2. The van der Waals surface area contributed by atoms with Crippen molar-refractivity contribution in [3.63, 3.8) is 0 Å². The van der Waals surface area contributed by atoms with Crippen LogP contribution in [-0.2, 0) is 26.2 Å². The maximum absolute atomic E-state index is 13.6. The molecule has 0 saturated heterocycles. The first kappa shape index (κ1) is 28.3. The highest BCUT2D eigenvalue weighted by Crippen LogP contribution is 2.33.